The van der Waals surface area contributed by atoms with Gasteiger partial charge in [-0.25, -0.2) is 4.98 Å². The second-order valence-electron chi connectivity index (χ2n) is 4.45. The second-order valence-corrected chi connectivity index (χ2v) is 4.45. The Labute approximate surface area is 97.3 Å². The van der Waals surface area contributed by atoms with Crippen LogP contribution >= 0.6 is 0 Å². The lowest BCUT2D eigenvalue weighted by Gasteiger charge is -2.22. The summed E-state index contributed by atoms with van der Waals surface area (Å²) in [4.78, 5) is 4.29. The monoisotopic (exact) mass is 226 g/mol. The van der Waals surface area contributed by atoms with Gasteiger partial charge in [-0.2, -0.15) is 0 Å². The summed E-state index contributed by atoms with van der Waals surface area (Å²) in [6, 6.07) is 0. The maximum absolute atomic E-state index is 10.2. The van der Waals surface area contributed by atoms with Crippen LogP contribution in [-0.2, 0) is 17.7 Å². The molecule has 0 aromatic carbocycles. The van der Waals surface area contributed by atoms with Crippen molar-refractivity contribution in [2.45, 2.75) is 45.3 Å². The largest absolute Gasteiger partial charge is 0.390 e. The number of aryl methyl sites for hydroxylation is 1. The first kappa shape index (κ1) is 13.2. The maximum atomic E-state index is 10.2. The van der Waals surface area contributed by atoms with E-state index >= 15 is 0 Å². The van der Waals surface area contributed by atoms with Gasteiger partial charge in [-0.15, -0.1) is 0 Å². The summed E-state index contributed by atoms with van der Waals surface area (Å²) in [5.41, 5.74) is -0.743. The van der Waals surface area contributed by atoms with Gasteiger partial charge in [0.2, 0.25) is 0 Å². The van der Waals surface area contributed by atoms with Gasteiger partial charge in [-0.3, -0.25) is 0 Å². The predicted molar refractivity (Wildman–Crippen MR) is 63.3 cm³/mol. The molecule has 0 aliphatic rings. The fourth-order valence-corrected chi connectivity index (χ4v) is 1.70. The van der Waals surface area contributed by atoms with E-state index in [1.807, 2.05) is 13.1 Å². The van der Waals surface area contributed by atoms with Crippen molar-refractivity contribution in [3.63, 3.8) is 0 Å². The van der Waals surface area contributed by atoms with Crippen LogP contribution in [0.25, 0.3) is 0 Å². The minimum absolute atomic E-state index is 0.571. The molecule has 0 spiro atoms. The molecule has 0 saturated carbocycles. The highest BCUT2D eigenvalue weighted by molar-refractivity contribution is 4.97. The number of ether oxygens (including phenoxy) is 1. The van der Waals surface area contributed by atoms with Crippen LogP contribution in [0.5, 0.6) is 0 Å². The first-order chi connectivity index (χ1) is 7.59. The summed E-state index contributed by atoms with van der Waals surface area (Å²) in [5, 5.41) is 10.2. The van der Waals surface area contributed by atoms with E-state index in [0.717, 1.165) is 18.8 Å². The van der Waals surface area contributed by atoms with Crippen LogP contribution in [0.15, 0.2) is 12.4 Å². The smallest absolute Gasteiger partial charge is 0.111 e. The first-order valence-electron chi connectivity index (χ1n) is 5.80. The molecule has 1 aromatic rings. The highest BCUT2D eigenvalue weighted by Gasteiger charge is 2.22. The molecule has 0 bridgehead atoms. The van der Waals surface area contributed by atoms with Gasteiger partial charge in [-0.05, 0) is 19.8 Å². The lowest BCUT2D eigenvalue weighted by atomic mass is 9.98. The molecule has 1 atom stereocenters. The molecule has 0 radical (unpaired) electrons. The summed E-state index contributed by atoms with van der Waals surface area (Å²) in [6.07, 6.45) is 6.03. The number of hydrogen-bond donors (Lipinski definition) is 1. The molecule has 0 saturated heterocycles. The lowest BCUT2D eigenvalue weighted by molar-refractivity contribution is 0.0227. The molecule has 1 aromatic heterocycles. The SMILES string of the molecule is CCCn1ccnc1CC(C)(O)CCOC. The molecule has 92 valence electrons. The van der Waals surface area contributed by atoms with Crippen molar-refractivity contribution < 1.29 is 9.84 Å². The van der Waals surface area contributed by atoms with Crippen LogP contribution in [0.2, 0.25) is 0 Å². The number of aromatic nitrogens is 2. The van der Waals surface area contributed by atoms with E-state index in [4.69, 9.17) is 4.74 Å². The molecule has 0 aliphatic heterocycles. The maximum Gasteiger partial charge on any atom is 0.111 e. The van der Waals surface area contributed by atoms with Crippen LogP contribution in [0.1, 0.15) is 32.5 Å². The van der Waals surface area contributed by atoms with Crippen LogP contribution in [0.3, 0.4) is 0 Å². The Balaban J connectivity index is 2.60. The molecule has 1 N–H and O–H groups in total. The molecule has 4 heteroatoms. The molecule has 1 unspecified atom stereocenters. The quantitative estimate of drug-likeness (QED) is 0.768. The van der Waals surface area contributed by atoms with E-state index in [-0.39, 0.29) is 0 Å². The van der Waals surface area contributed by atoms with Crippen LogP contribution < -0.4 is 0 Å². The Hall–Kier alpha value is -0.870. The van der Waals surface area contributed by atoms with Gasteiger partial charge < -0.3 is 14.4 Å². The first-order valence-corrected chi connectivity index (χ1v) is 5.80. The minimum Gasteiger partial charge on any atom is -0.390 e. The molecule has 4 nitrogen and oxygen atoms in total. The highest BCUT2D eigenvalue weighted by atomic mass is 16.5. The number of imidazole rings is 1. The minimum atomic E-state index is -0.743. The predicted octanol–water partition coefficient (Wildman–Crippen LogP) is 1.62. The second kappa shape index (κ2) is 6.01. The molecular formula is C12H22N2O2. The summed E-state index contributed by atoms with van der Waals surface area (Å²) in [7, 11) is 1.65. The van der Waals surface area contributed by atoms with Crippen LogP contribution in [0, 0.1) is 0 Å². The average molecular weight is 226 g/mol. The zero-order valence-electron chi connectivity index (χ0n) is 10.4. The number of rotatable bonds is 7. The van der Waals surface area contributed by atoms with Gasteiger partial charge in [0.1, 0.15) is 5.82 Å². The van der Waals surface area contributed by atoms with E-state index in [1.165, 1.54) is 0 Å². The third-order valence-electron chi connectivity index (χ3n) is 2.65. The molecule has 0 fully saturated rings. The molecule has 0 aliphatic carbocycles. The van der Waals surface area contributed by atoms with Crippen molar-refractivity contribution >= 4 is 0 Å². The van der Waals surface area contributed by atoms with E-state index in [0.29, 0.717) is 19.4 Å². The Bertz CT molecular complexity index is 308. The third kappa shape index (κ3) is 3.94. The summed E-state index contributed by atoms with van der Waals surface area (Å²) >= 11 is 0. The van der Waals surface area contributed by atoms with Gasteiger partial charge in [0.05, 0.1) is 5.60 Å². The van der Waals surface area contributed by atoms with Crippen molar-refractivity contribution in [1.29, 1.82) is 0 Å². The van der Waals surface area contributed by atoms with Crippen LogP contribution in [0.4, 0.5) is 0 Å². The van der Waals surface area contributed by atoms with Gasteiger partial charge in [-0.1, -0.05) is 6.92 Å². The topological polar surface area (TPSA) is 47.3 Å². The van der Waals surface area contributed by atoms with Gasteiger partial charge >= 0.3 is 0 Å². The van der Waals surface area contributed by atoms with Crippen molar-refractivity contribution in [3.05, 3.63) is 18.2 Å². The van der Waals surface area contributed by atoms with Crippen molar-refractivity contribution in [3.8, 4) is 0 Å². The fourth-order valence-electron chi connectivity index (χ4n) is 1.70. The third-order valence-corrected chi connectivity index (χ3v) is 2.65. The normalized spacial score (nSPS) is 15.0. The molecule has 1 rings (SSSR count). The van der Waals surface area contributed by atoms with Crippen molar-refractivity contribution in [1.82, 2.24) is 9.55 Å². The summed E-state index contributed by atoms with van der Waals surface area (Å²) < 4.78 is 7.09. The molecule has 16 heavy (non-hydrogen) atoms. The average Bonchev–Trinajstić information content (AvgIpc) is 2.63. The number of hydrogen-bond acceptors (Lipinski definition) is 3. The lowest BCUT2D eigenvalue weighted by Crippen LogP contribution is -2.30. The van der Waals surface area contributed by atoms with E-state index in [9.17, 15) is 5.11 Å². The van der Waals surface area contributed by atoms with Gasteiger partial charge in [0.15, 0.2) is 0 Å². The van der Waals surface area contributed by atoms with Crippen molar-refractivity contribution in [2.75, 3.05) is 13.7 Å². The standard InChI is InChI=1S/C12H22N2O2/c1-4-7-14-8-6-13-11(14)10-12(2,15)5-9-16-3/h6,8,15H,4-5,7,9-10H2,1-3H3. The van der Waals surface area contributed by atoms with Crippen molar-refractivity contribution in [2.24, 2.45) is 0 Å². The Morgan fingerprint density at radius 2 is 2.31 bits per heavy atom. The number of aliphatic hydroxyl groups is 1. The van der Waals surface area contributed by atoms with Gasteiger partial charge in [0, 0.05) is 39.1 Å². The Morgan fingerprint density at radius 1 is 1.56 bits per heavy atom. The Kier molecular flexibility index (Phi) is 4.96. The highest BCUT2D eigenvalue weighted by Crippen LogP contribution is 2.16. The van der Waals surface area contributed by atoms with Crippen LogP contribution in [-0.4, -0.2) is 34.0 Å². The van der Waals surface area contributed by atoms with E-state index < -0.39 is 5.60 Å². The Morgan fingerprint density at radius 3 is 2.94 bits per heavy atom. The fraction of sp³-hybridized carbons (Fsp3) is 0.750. The zero-order chi connectivity index (χ0) is 12.0. The summed E-state index contributed by atoms with van der Waals surface area (Å²) in [5.74, 6) is 0.947. The number of nitrogens with zero attached hydrogens (tertiary/aromatic N) is 2. The van der Waals surface area contributed by atoms with E-state index in [2.05, 4.69) is 16.5 Å². The number of methoxy groups -OCH3 is 1. The van der Waals surface area contributed by atoms with Gasteiger partial charge in [0.25, 0.3) is 0 Å². The zero-order valence-corrected chi connectivity index (χ0v) is 10.4. The molecule has 0 amide bonds. The molecule has 1 heterocycles. The summed E-state index contributed by atoms with van der Waals surface area (Å²) in [6.45, 7) is 5.49. The van der Waals surface area contributed by atoms with E-state index in [1.54, 1.807) is 13.3 Å². The molecular weight excluding hydrogens is 204 g/mol.